The molecule has 0 saturated carbocycles. The van der Waals surface area contributed by atoms with Crippen LogP contribution in [0.4, 0.5) is 0 Å². The topological polar surface area (TPSA) is 67.8 Å². The molecule has 0 atom stereocenters. The summed E-state index contributed by atoms with van der Waals surface area (Å²) < 4.78 is 10.8. The fraction of sp³-hybridized carbons (Fsp3) is 0.250. The van der Waals surface area contributed by atoms with Gasteiger partial charge in [-0.1, -0.05) is 13.3 Å². The van der Waals surface area contributed by atoms with E-state index in [1.165, 1.54) is 11.3 Å². The molecule has 0 aliphatic heterocycles. The molecule has 98 valence electrons. The van der Waals surface area contributed by atoms with Crippen molar-refractivity contribution in [2.75, 3.05) is 0 Å². The number of nitrogens with one attached hydrogen (secondary N) is 1. The molecule has 0 aliphatic carbocycles. The highest BCUT2D eigenvalue weighted by molar-refractivity contribution is 7.71. The van der Waals surface area contributed by atoms with E-state index in [-0.39, 0.29) is 4.84 Å². The SMILES string of the molecule is CCCc1nc(-c2ccco2)sc1-c1n[nH]c(=S)o1. The van der Waals surface area contributed by atoms with Crippen molar-refractivity contribution in [3.8, 4) is 21.5 Å². The summed E-state index contributed by atoms with van der Waals surface area (Å²) in [6.45, 7) is 2.11. The zero-order chi connectivity index (χ0) is 13.2. The zero-order valence-electron chi connectivity index (χ0n) is 10.2. The Hall–Kier alpha value is -1.73. The molecule has 7 heteroatoms. The van der Waals surface area contributed by atoms with Crippen LogP contribution >= 0.6 is 23.6 Å². The molecule has 0 aliphatic rings. The second kappa shape index (κ2) is 5.10. The molecule has 3 rings (SSSR count). The van der Waals surface area contributed by atoms with Crippen molar-refractivity contribution in [1.29, 1.82) is 0 Å². The van der Waals surface area contributed by atoms with Crippen LogP contribution in [0, 0.1) is 4.84 Å². The minimum absolute atomic E-state index is 0.269. The standard InChI is InChI=1S/C12H11N3O2S2/c1-2-4-7-9(10-14-15-12(18)17-10)19-11(13-7)8-5-3-6-16-8/h3,5-6H,2,4H2,1H3,(H,15,18). The van der Waals surface area contributed by atoms with E-state index < -0.39 is 0 Å². The molecule has 0 amide bonds. The van der Waals surface area contributed by atoms with Crippen LogP contribution in [-0.2, 0) is 6.42 Å². The molecular weight excluding hydrogens is 282 g/mol. The van der Waals surface area contributed by atoms with Gasteiger partial charge in [-0.2, -0.15) is 0 Å². The van der Waals surface area contributed by atoms with Gasteiger partial charge in [-0.15, -0.1) is 16.4 Å². The van der Waals surface area contributed by atoms with Gasteiger partial charge in [-0.05, 0) is 30.8 Å². The number of H-pyrrole nitrogens is 1. The molecule has 19 heavy (non-hydrogen) atoms. The lowest BCUT2D eigenvalue weighted by molar-refractivity contribution is 0.552. The molecule has 0 spiro atoms. The van der Waals surface area contributed by atoms with Crippen LogP contribution in [0.25, 0.3) is 21.5 Å². The second-order valence-corrected chi connectivity index (χ2v) is 5.31. The third-order valence-corrected chi connectivity index (χ3v) is 3.82. The van der Waals surface area contributed by atoms with E-state index in [4.69, 9.17) is 21.1 Å². The van der Waals surface area contributed by atoms with Gasteiger partial charge in [0, 0.05) is 0 Å². The molecule has 0 saturated heterocycles. The summed E-state index contributed by atoms with van der Waals surface area (Å²) in [6, 6.07) is 3.73. The Labute approximate surface area is 118 Å². The highest BCUT2D eigenvalue weighted by atomic mass is 32.1. The van der Waals surface area contributed by atoms with Gasteiger partial charge < -0.3 is 8.83 Å². The molecule has 0 bridgehead atoms. The Kier molecular flexibility index (Phi) is 3.31. The van der Waals surface area contributed by atoms with Crippen molar-refractivity contribution >= 4 is 23.6 Å². The third-order valence-electron chi connectivity index (χ3n) is 2.55. The monoisotopic (exact) mass is 293 g/mol. The van der Waals surface area contributed by atoms with Gasteiger partial charge in [0.2, 0.25) is 0 Å². The maximum Gasteiger partial charge on any atom is 0.284 e. The smallest absolute Gasteiger partial charge is 0.284 e. The summed E-state index contributed by atoms with van der Waals surface area (Å²) in [6.07, 6.45) is 3.50. The highest BCUT2D eigenvalue weighted by Gasteiger charge is 2.18. The number of hydrogen-bond donors (Lipinski definition) is 1. The number of nitrogens with zero attached hydrogens (tertiary/aromatic N) is 2. The minimum atomic E-state index is 0.269. The van der Waals surface area contributed by atoms with Crippen LogP contribution in [-0.4, -0.2) is 15.2 Å². The lowest BCUT2D eigenvalue weighted by Crippen LogP contribution is -1.87. The number of aromatic nitrogens is 3. The first kappa shape index (κ1) is 12.3. The Bertz CT molecular complexity index is 724. The van der Waals surface area contributed by atoms with Gasteiger partial charge in [0.15, 0.2) is 10.8 Å². The lowest BCUT2D eigenvalue weighted by Gasteiger charge is -1.93. The van der Waals surface area contributed by atoms with Crippen LogP contribution < -0.4 is 0 Å². The first-order valence-electron chi connectivity index (χ1n) is 5.87. The van der Waals surface area contributed by atoms with Gasteiger partial charge in [-0.3, -0.25) is 0 Å². The largest absolute Gasteiger partial charge is 0.462 e. The average Bonchev–Trinajstić information content (AvgIpc) is 3.08. The zero-order valence-corrected chi connectivity index (χ0v) is 11.8. The molecule has 5 nitrogen and oxygen atoms in total. The minimum Gasteiger partial charge on any atom is -0.462 e. The van der Waals surface area contributed by atoms with Gasteiger partial charge in [0.25, 0.3) is 10.7 Å². The van der Waals surface area contributed by atoms with Crippen molar-refractivity contribution in [2.24, 2.45) is 0 Å². The third kappa shape index (κ3) is 2.39. The van der Waals surface area contributed by atoms with E-state index in [0.717, 1.165) is 34.2 Å². The van der Waals surface area contributed by atoms with Crippen molar-refractivity contribution in [1.82, 2.24) is 15.2 Å². The normalized spacial score (nSPS) is 11.0. The Morgan fingerprint density at radius 3 is 3.00 bits per heavy atom. The molecule has 3 heterocycles. The van der Waals surface area contributed by atoms with E-state index in [2.05, 4.69) is 22.1 Å². The van der Waals surface area contributed by atoms with Crippen LogP contribution in [0.15, 0.2) is 27.2 Å². The summed E-state index contributed by atoms with van der Waals surface area (Å²) in [5.74, 6) is 1.24. The predicted molar refractivity (Wildman–Crippen MR) is 74.5 cm³/mol. The molecule has 0 fully saturated rings. The number of rotatable bonds is 4. The molecular formula is C12H11N3O2S2. The highest BCUT2D eigenvalue weighted by Crippen LogP contribution is 2.35. The first-order valence-corrected chi connectivity index (χ1v) is 7.10. The van der Waals surface area contributed by atoms with Crippen molar-refractivity contribution < 1.29 is 8.83 Å². The summed E-state index contributed by atoms with van der Waals surface area (Å²) in [4.78, 5) is 5.78. The van der Waals surface area contributed by atoms with E-state index in [1.54, 1.807) is 6.26 Å². The number of furan rings is 1. The average molecular weight is 293 g/mol. The van der Waals surface area contributed by atoms with Crippen LogP contribution in [0.2, 0.25) is 0 Å². The van der Waals surface area contributed by atoms with Gasteiger partial charge >= 0.3 is 0 Å². The van der Waals surface area contributed by atoms with Crippen molar-refractivity contribution in [3.05, 3.63) is 28.9 Å². The summed E-state index contributed by atoms with van der Waals surface area (Å²) in [5, 5.41) is 7.53. The fourth-order valence-corrected chi connectivity index (χ4v) is 2.89. The van der Waals surface area contributed by atoms with E-state index in [9.17, 15) is 0 Å². The molecule has 0 aromatic carbocycles. The number of aryl methyl sites for hydroxylation is 1. The van der Waals surface area contributed by atoms with E-state index >= 15 is 0 Å². The Morgan fingerprint density at radius 1 is 1.47 bits per heavy atom. The quantitative estimate of drug-likeness (QED) is 0.734. The second-order valence-electron chi connectivity index (χ2n) is 3.94. The maximum atomic E-state index is 5.38. The van der Waals surface area contributed by atoms with Crippen molar-refractivity contribution in [2.45, 2.75) is 19.8 Å². The van der Waals surface area contributed by atoms with Gasteiger partial charge in [0.1, 0.15) is 4.88 Å². The first-order chi connectivity index (χ1) is 9.28. The molecule has 3 aromatic rings. The number of hydrogen-bond acceptors (Lipinski definition) is 6. The van der Waals surface area contributed by atoms with Crippen LogP contribution in [0.5, 0.6) is 0 Å². The summed E-state index contributed by atoms with van der Waals surface area (Å²) in [7, 11) is 0. The molecule has 3 aromatic heterocycles. The van der Waals surface area contributed by atoms with Crippen LogP contribution in [0.3, 0.4) is 0 Å². The van der Waals surface area contributed by atoms with Gasteiger partial charge in [-0.25, -0.2) is 10.1 Å². The Morgan fingerprint density at radius 2 is 2.37 bits per heavy atom. The molecule has 0 unspecified atom stereocenters. The number of aromatic amines is 1. The lowest BCUT2D eigenvalue weighted by atomic mass is 10.2. The van der Waals surface area contributed by atoms with E-state index in [0.29, 0.717) is 5.89 Å². The maximum absolute atomic E-state index is 5.38. The van der Waals surface area contributed by atoms with Crippen molar-refractivity contribution in [3.63, 3.8) is 0 Å². The van der Waals surface area contributed by atoms with Gasteiger partial charge in [0.05, 0.1) is 12.0 Å². The Balaban J connectivity index is 2.09. The molecule has 1 N–H and O–H groups in total. The summed E-state index contributed by atoms with van der Waals surface area (Å²) >= 11 is 6.40. The molecule has 0 radical (unpaired) electrons. The summed E-state index contributed by atoms with van der Waals surface area (Å²) in [5.41, 5.74) is 0.962. The van der Waals surface area contributed by atoms with Crippen LogP contribution in [0.1, 0.15) is 19.0 Å². The fourth-order valence-electron chi connectivity index (χ4n) is 1.76. The number of thiazole rings is 1. The predicted octanol–water partition coefficient (Wildman–Crippen LogP) is 4.07. The van der Waals surface area contributed by atoms with E-state index in [1.807, 2.05) is 12.1 Å².